The number of esters is 2. The molecule has 2 atom stereocenters. The first-order valence-corrected chi connectivity index (χ1v) is 8.82. The Morgan fingerprint density at radius 1 is 1.06 bits per heavy atom. The monoisotopic (exact) mass is 436 g/mol. The summed E-state index contributed by atoms with van der Waals surface area (Å²) in [6.45, 7) is 0. The van der Waals surface area contributed by atoms with Crippen molar-refractivity contribution in [3.05, 3.63) is 75.3 Å². The zero-order chi connectivity index (χ0) is 23.1. The highest BCUT2D eigenvalue weighted by Gasteiger charge is 2.35. The quantitative estimate of drug-likeness (QED) is 0.383. The topological polar surface area (TPSA) is 125 Å². The summed E-state index contributed by atoms with van der Waals surface area (Å²) in [7, 11) is 2.17. The molecule has 0 aliphatic heterocycles. The largest absolute Gasteiger partial charge is 0.469 e. The SMILES string of the molecule is COC(=O)C[C@@H](c1ccc([N+](=O)[O-])cc1)[C@H](NC(=O)c1ccc(F)cc1F)C(=O)OC. The molecule has 0 unspecified atom stereocenters. The lowest BCUT2D eigenvalue weighted by atomic mass is 9.88. The predicted octanol–water partition coefficient (Wildman–Crippen LogP) is 2.49. The Hall–Kier alpha value is -3.89. The van der Waals surface area contributed by atoms with Crippen LogP contribution < -0.4 is 5.32 Å². The number of nitrogens with zero attached hydrogens (tertiary/aromatic N) is 1. The number of nitrogens with one attached hydrogen (secondary N) is 1. The molecule has 11 heteroatoms. The van der Waals surface area contributed by atoms with Crippen molar-refractivity contribution < 1.29 is 37.6 Å². The van der Waals surface area contributed by atoms with E-state index in [1.807, 2.05) is 0 Å². The molecular formula is C20H18F2N2O7. The number of rotatable bonds is 8. The van der Waals surface area contributed by atoms with E-state index in [0.29, 0.717) is 6.07 Å². The van der Waals surface area contributed by atoms with Gasteiger partial charge < -0.3 is 14.8 Å². The Morgan fingerprint density at radius 3 is 2.23 bits per heavy atom. The van der Waals surface area contributed by atoms with E-state index in [2.05, 4.69) is 10.1 Å². The molecule has 9 nitrogen and oxygen atoms in total. The Balaban J connectivity index is 2.44. The third-order valence-corrected chi connectivity index (χ3v) is 4.47. The molecule has 0 radical (unpaired) electrons. The molecule has 0 spiro atoms. The summed E-state index contributed by atoms with van der Waals surface area (Å²) in [6, 6.07) is 5.74. The van der Waals surface area contributed by atoms with Crippen LogP contribution in [-0.4, -0.2) is 43.0 Å². The number of ether oxygens (including phenoxy) is 2. The van der Waals surface area contributed by atoms with E-state index in [4.69, 9.17) is 4.74 Å². The molecule has 0 aromatic heterocycles. The number of methoxy groups -OCH3 is 2. The first-order chi connectivity index (χ1) is 14.7. The van der Waals surface area contributed by atoms with Gasteiger partial charge in [0, 0.05) is 24.1 Å². The maximum Gasteiger partial charge on any atom is 0.329 e. The standard InChI is InChI=1S/C20H18F2N2O7/c1-30-17(25)10-15(11-3-6-13(7-4-11)24(28)29)18(20(27)31-2)23-19(26)14-8-5-12(21)9-16(14)22/h3-9,15,18H,10H2,1-2H3,(H,23,26)/t15-,18-/m0/s1. The van der Waals surface area contributed by atoms with Crippen LogP contribution in [0.15, 0.2) is 42.5 Å². The summed E-state index contributed by atoms with van der Waals surface area (Å²) in [6.07, 6.45) is -0.403. The van der Waals surface area contributed by atoms with Crippen molar-refractivity contribution in [1.82, 2.24) is 5.32 Å². The van der Waals surface area contributed by atoms with Crippen molar-refractivity contribution in [2.45, 2.75) is 18.4 Å². The zero-order valence-electron chi connectivity index (χ0n) is 16.5. The van der Waals surface area contributed by atoms with Gasteiger partial charge >= 0.3 is 11.9 Å². The van der Waals surface area contributed by atoms with Crippen molar-refractivity contribution in [1.29, 1.82) is 0 Å². The lowest BCUT2D eigenvalue weighted by Gasteiger charge is -2.26. The molecule has 0 saturated heterocycles. The van der Waals surface area contributed by atoms with E-state index in [9.17, 15) is 33.3 Å². The third-order valence-electron chi connectivity index (χ3n) is 4.47. The number of hydrogen-bond acceptors (Lipinski definition) is 7. The van der Waals surface area contributed by atoms with Crippen molar-refractivity contribution in [3.63, 3.8) is 0 Å². The van der Waals surface area contributed by atoms with E-state index >= 15 is 0 Å². The Morgan fingerprint density at radius 2 is 1.71 bits per heavy atom. The molecule has 2 rings (SSSR count). The average Bonchev–Trinajstić information content (AvgIpc) is 2.75. The number of amides is 1. The second kappa shape index (κ2) is 10.2. The summed E-state index contributed by atoms with van der Waals surface area (Å²) in [5.74, 6) is -5.85. The van der Waals surface area contributed by atoms with E-state index < -0.39 is 58.3 Å². The highest BCUT2D eigenvalue weighted by molar-refractivity contribution is 5.97. The summed E-state index contributed by atoms with van der Waals surface area (Å²) in [4.78, 5) is 47.2. The number of nitro benzene ring substituents is 1. The number of benzene rings is 2. The second-order valence-electron chi connectivity index (χ2n) is 6.33. The molecule has 0 saturated carbocycles. The van der Waals surface area contributed by atoms with Crippen LogP contribution in [0.1, 0.15) is 28.3 Å². The van der Waals surface area contributed by atoms with Crippen molar-refractivity contribution >= 4 is 23.5 Å². The minimum absolute atomic E-state index is 0.229. The molecule has 1 amide bonds. The molecular weight excluding hydrogens is 418 g/mol. The highest BCUT2D eigenvalue weighted by atomic mass is 19.1. The molecule has 31 heavy (non-hydrogen) atoms. The van der Waals surface area contributed by atoms with Crippen molar-refractivity contribution in [2.24, 2.45) is 0 Å². The number of carbonyl (C=O) groups excluding carboxylic acids is 3. The Bertz CT molecular complexity index is 996. The maximum atomic E-state index is 14.0. The van der Waals surface area contributed by atoms with Gasteiger partial charge in [-0.15, -0.1) is 0 Å². The van der Waals surface area contributed by atoms with Crippen LogP contribution in [-0.2, 0) is 19.1 Å². The lowest BCUT2D eigenvalue weighted by molar-refractivity contribution is -0.384. The first-order valence-electron chi connectivity index (χ1n) is 8.82. The van der Waals surface area contributed by atoms with Gasteiger partial charge in [-0.2, -0.15) is 0 Å². The predicted molar refractivity (Wildman–Crippen MR) is 102 cm³/mol. The van der Waals surface area contributed by atoms with Gasteiger partial charge in [0.2, 0.25) is 0 Å². The number of halogens is 2. The van der Waals surface area contributed by atoms with E-state index in [-0.39, 0.29) is 11.3 Å². The van der Waals surface area contributed by atoms with Gasteiger partial charge in [-0.3, -0.25) is 19.7 Å². The van der Waals surface area contributed by atoms with Gasteiger partial charge in [0.15, 0.2) is 0 Å². The number of carbonyl (C=O) groups is 3. The van der Waals surface area contributed by atoms with Crippen LogP contribution in [0.25, 0.3) is 0 Å². The van der Waals surface area contributed by atoms with Gasteiger partial charge in [-0.1, -0.05) is 12.1 Å². The number of hydrogen-bond donors (Lipinski definition) is 1. The number of non-ortho nitro benzene ring substituents is 1. The fraction of sp³-hybridized carbons (Fsp3) is 0.250. The van der Waals surface area contributed by atoms with Crippen LogP contribution >= 0.6 is 0 Å². The minimum atomic E-state index is -1.48. The molecule has 0 heterocycles. The van der Waals surface area contributed by atoms with Crippen LogP contribution in [0.4, 0.5) is 14.5 Å². The average molecular weight is 436 g/mol. The normalized spacial score (nSPS) is 12.4. The zero-order valence-corrected chi connectivity index (χ0v) is 16.5. The third kappa shape index (κ3) is 5.81. The van der Waals surface area contributed by atoms with E-state index in [1.165, 1.54) is 12.1 Å². The molecule has 1 N–H and O–H groups in total. The maximum absolute atomic E-state index is 14.0. The van der Waals surface area contributed by atoms with E-state index in [0.717, 1.165) is 38.5 Å². The summed E-state index contributed by atoms with van der Waals surface area (Å²) < 4.78 is 36.5. The Labute approximate surface area is 175 Å². The van der Waals surface area contributed by atoms with Gasteiger partial charge in [-0.05, 0) is 17.7 Å². The molecule has 0 aliphatic carbocycles. The van der Waals surface area contributed by atoms with Crippen LogP contribution in [0, 0.1) is 21.7 Å². The second-order valence-corrected chi connectivity index (χ2v) is 6.33. The smallest absolute Gasteiger partial charge is 0.329 e. The van der Waals surface area contributed by atoms with E-state index in [1.54, 1.807) is 0 Å². The number of nitro groups is 1. The van der Waals surface area contributed by atoms with Crippen LogP contribution in [0.3, 0.4) is 0 Å². The van der Waals surface area contributed by atoms with Crippen molar-refractivity contribution in [3.8, 4) is 0 Å². The Kier molecular flexibility index (Phi) is 7.72. The molecule has 2 aromatic rings. The van der Waals surface area contributed by atoms with Crippen LogP contribution in [0.2, 0.25) is 0 Å². The summed E-state index contributed by atoms with van der Waals surface area (Å²) in [5, 5.41) is 13.2. The first kappa shape index (κ1) is 23.4. The van der Waals surface area contributed by atoms with Gasteiger partial charge in [-0.25, -0.2) is 13.6 Å². The lowest BCUT2D eigenvalue weighted by Crippen LogP contribution is -2.46. The highest BCUT2D eigenvalue weighted by Crippen LogP contribution is 2.27. The minimum Gasteiger partial charge on any atom is -0.469 e. The van der Waals surface area contributed by atoms with Gasteiger partial charge in [0.05, 0.1) is 31.1 Å². The van der Waals surface area contributed by atoms with Crippen LogP contribution in [0.5, 0.6) is 0 Å². The fourth-order valence-electron chi connectivity index (χ4n) is 2.88. The van der Waals surface area contributed by atoms with Gasteiger partial charge in [0.1, 0.15) is 17.7 Å². The molecule has 0 aliphatic rings. The summed E-state index contributed by atoms with van der Waals surface area (Å²) >= 11 is 0. The molecule has 0 bridgehead atoms. The molecule has 0 fully saturated rings. The fourth-order valence-corrected chi connectivity index (χ4v) is 2.88. The van der Waals surface area contributed by atoms with Crippen molar-refractivity contribution in [2.75, 3.05) is 14.2 Å². The molecule has 2 aromatic carbocycles. The van der Waals surface area contributed by atoms with Gasteiger partial charge in [0.25, 0.3) is 11.6 Å². The summed E-state index contributed by atoms with van der Waals surface area (Å²) in [5.41, 5.74) is -0.477. The molecule has 164 valence electrons.